The molecule has 0 spiro atoms. The lowest BCUT2D eigenvalue weighted by Gasteiger charge is -2.11. The van der Waals surface area contributed by atoms with Gasteiger partial charge in [-0.2, -0.15) is 0 Å². The van der Waals surface area contributed by atoms with Crippen LogP contribution >= 0.6 is 11.6 Å². The Morgan fingerprint density at radius 1 is 0.971 bits per heavy atom. The van der Waals surface area contributed by atoms with Crippen molar-refractivity contribution in [1.82, 2.24) is 14.9 Å². The molecule has 0 bridgehead atoms. The molecule has 6 heteroatoms. The molecule has 0 aliphatic rings. The first kappa shape index (κ1) is 24.8. The van der Waals surface area contributed by atoms with Gasteiger partial charge in [-0.05, 0) is 79.8 Å². The first-order valence-corrected chi connectivity index (χ1v) is 12.7. The van der Waals surface area contributed by atoms with Gasteiger partial charge in [-0.1, -0.05) is 42.8 Å². The summed E-state index contributed by atoms with van der Waals surface area (Å²) in [4.78, 5) is 17.2. The first-order chi connectivity index (χ1) is 17.1. The number of imidazole rings is 1. The number of carbonyl (C=O) groups is 1. The summed E-state index contributed by atoms with van der Waals surface area (Å²) in [5.41, 5.74) is 4.11. The fraction of sp³-hybridized carbons (Fsp3) is 0.310. The van der Waals surface area contributed by atoms with Gasteiger partial charge in [0, 0.05) is 30.1 Å². The number of rotatable bonds is 12. The molecule has 0 aliphatic carbocycles. The van der Waals surface area contributed by atoms with Crippen molar-refractivity contribution < 1.29 is 9.53 Å². The highest BCUT2D eigenvalue weighted by Gasteiger charge is 2.11. The van der Waals surface area contributed by atoms with Gasteiger partial charge in [0.15, 0.2) is 0 Å². The monoisotopic (exact) mass is 489 g/mol. The minimum atomic E-state index is -0.0838. The quantitative estimate of drug-likeness (QED) is 0.232. The normalized spacial score (nSPS) is 11.0. The maximum Gasteiger partial charge on any atom is 0.251 e. The van der Waals surface area contributed by atoms with Crippen molar-refractivity contribution >= 4 is 28.5 Å². The summed E-state index contributed by atoms with van der Waals surface area (Å²) in [7, 11) is 0. The van der Waals surface area contributed by atoms with E-state index in [1.807, 2.05) is 18.2 Å². The number of hydrogen-bond acceptors (Lipinski definition) is 3. The van der Waals surface area contributed by atoms with Gasteiger partial charge in [-0.15, -0.1) is 0 Å². The Morgan fingerprint density at radius 2 is 1.74 bits per heavy atom. The second-order valence-corrected chi connectivity index (χ2v) is 9.02. The number of carbonyl (C=O) groups excluding carboxylic acids is 1. The van der Waals surface area contributed by atoms with E-state index in [-0.39, 0.29) is 5.91 Å². The van der Waals surface area contributed by atoms with Crippen molar-refractivity contribution in [2.24, 2.45) is 0 Å². The van der Waals surface area contributed by atoms with E-state index >= 15 is 0 Å². The van der Waals surface area contributed by atoms with Crippen LogP contribution in [0, 0.1) is 0 Å². The number of aryl methyl sites for hydroxylation is 3. The summed E-state index contributed by atoms with van der Waals surface area (Å²) in [5.74, 6) is 1.90. The SMILES string of the molecule is CCc1ccc(OCCCCn2c(CCCNC(=O)c3ccc(Cl)cc3)nc3ccccc32)cc1. The van der Waals surface area contributed by atoms with E-state index in [9.17, 15) is 4.79 Å². The Kier molecular flexibility index (Phi) is 8.79. The Hall–Kier alpha value is -3.31. The van der Waals surface area contributed by atoms with Crippen molar-refractivity contribution in [2.75, 3.05) is 13.2 Å². The molecule has 35 heavy (non-hydrogen) atoms. The largest absolute Gasteiger partial charge is 0.494 e. The number of hydrogen-bond donors (Lipinski definition) is 1. The Balaban J connectivity index is 1.27. The molecular formula is C29H32ClN3O2. The van der Waals surface area contributed by atoms with Gasteiger partial charge < -0.3 is 14.6 Å². The van der Waals surface area contributed by atoms with E-state index in [1.54, 1.807) is 24.3 Å². The topological polar surface area (TPSA) is 56.1 Å². The van der Waals surface area contributed by atoms with Gasteiger partial charge in [-0.25, -0.2) is 4.98 Å². The van der Waals surface area contributed by atoms with Crippen LogP contribution in [-0.4, -0.2) is 28.6 Å². The lowest BCUT2D eigenvalue weighted by atomic mass is 10.2. The Bertz CT molecular complexity index is 1230. The second-order valence-electron chi connectivity index (χ2n) is 8.59. The minimum absolute atomic E-state index is 0.0838. The van der Waals surface area contributed by atoms with Gasteiger partial charge in [-0.3, -0.25) is 4.79 Å². The lowest BCUT2D eigenvalue weighted by Crippen LogP contribution is -2.25. The molecule has 4 aromatic rings. The zero-order valence-corrected chi connectivity index (χ0v) is 20.9. The fourth-order valence-corrected chi connectivity index (χ4v) is 4.23. The molecule has 182 valence electrons. The molecule has 5 nitrogen and oxygen atoms in total. The molecule has 1 N–H and O–H groups in total. The highest BCUT2D eigenvalue weighted by molar-refractivity contribution is 6.30. The van der Waals surface area contributed by atoms with E-state index < -0.39 is 0 Å². The van der Waals surface area contributed by atoms with Crippen LogP contribution in [0.15, 0.2) is 72.8 Å². The van der Waals surface area contributed by atoms with E-state index in [1.165, 1.54) is 5.56 Å². The third-order valence-electron chi connectivity index (χ3n) is 6.08. The predicted octanol–water partition coefficient (Wildman–Crippen LogP) is 6.47. The third-order valence-corrected chi connectivity index (χ3v) is 6.33. The molecule has 1 aromatic heterocycles. The van der Waals surface area contributed by atoms with Gasteiger partial charge in [0.1, 0.15) is 11.6 Å². The Morgan fingerprint density at radius 3 is 2.51 bits per heavy atom. The average molecular weight is 490 g/mol. The number of nitrogens with one attached hydrogen (secondary N) is 1. The molecule has 0 fully saturated rings. The molecule has 0 aliphatic heterocycles. The van der Waals surface area contributed by atoms with Crippen molar-refractivity contribution in [3.05, 3.63) is 94.8 Å². The molecule has 0 atom stereocenters. The van der Waals surface area contributed by atoms with Crippen molar-refractivity contribution in [2.45, 2.75) is 45.6 Å². The number of halogens is 1. The highest BCUT2D eigenvalue weighted by Crippen LogP contribution is 2.19. The number of fused-ring (bicyclic) bond motifs is 1. The molecule has 0 radical (unpaired) electrons. The maximum atomic E-state index is 12.3. The zero-order valence-electron chi connectivity index (χ0n) is 20.2. The number of ether oxygens (including phenoxy) is 1. The number of nitrogens with zero attached hydrogens (tertiary/aromatic N) is 2. The van der Waals surface area contributed by atoms with Crippen LogP contribution in [0.3, 0.4) is 0 Å². The molecule has 3 aromatic carbocycles. The van der Waals surface area contributed by atoms with E-state index in [0.717, 1.165) is 61.3 Å². The molecular weight excluding hydrogens is 458 g/mol. The summed E-state index contributed by atoms with van der Waals surface area (Å²) in [6, 6.07) is 23.5. The molecule has 1 heterocycles. The summed E-state index contributed by atoms with van der Waals surface area (Å²) in [6.07, 6.45) is 4.64. The van der Waals surface area contributed by atoms with Gasteiger partial charge >= 0.3 is 0 Å². The smallest absolute Gasteiger partial charge is 0.251 e. The van der Waals surface area contributed by atoms with Crippen LogP contribution in [0.4, 0.5) is 0 Å². The van der Waals surface area contributed by atoms with E-state index in [0.29, 0.717) is 23.7 Å². The van der Waals surface area contributed by atoms with E-state index in [4.69, 9.17) is 21.3 Å². The predicted molar refractivity (Wildman–Crippen MR) is 142 cm³/mol. The summed E-state index contributed by atoms with van der Waals surface area (Å²) < 4.78 is 8.23. The van der Waals surface area contributed by atoms with Gasteiger partial charge in [0.05, 0.1) is 17.6 Å². The van der Waals surface area contributed by atoms with Crippen molar-refractivity contribution in [3.8, 4) is 5.75 Å². The molecule has 0 unspecified atom stereocenters. The second kappa shape index (κ2) is 12.4. The molecule has 0 saturated carbocycles. The van der Waals surface area contributed by atoms with Crippen LogP contribution < -0.4 is 10.1 Å². The van der Waals surface area contributed by atoms with Crippen LogP contribution in [0.5, 0.6) is 5.75 Å². The lowest BCUT2D eigenvalue weighted by molar-refractivity contribution is 0.0953. The number of unbranched alkanes of at least 4 members (excludes halogenated alkanes) is 1. The number of para-hydroxylation sites is 2. The van der Waals surface area contributed by atoms with Gasteiger partial charge in [0.2, 0.25) is 0 Å². The van der Waals surface area contributed by atoms with E-state index in [2.05, 4.69) is 47.1 Å². The zero-order chi connectivity index (χ0) is 24.5. The highest BCUT2D eigenvalue weighted by atomic mass is 35.5. The molecule has 1 amide bonds. The average Bonchev–Trinajstić information content (AvgIpc) is 3.24. The van der Waals surface area contributed by atoms with Crippen LogP contribution in [0.25, 0.3) is 11.0 Å². The number of benzene rings is 3. The molecule has 4 rings (SSSR count). The summed E-state index contributed by atoms with van der Waals surface area (Å²) in [5, 5.41) is 3.61. The van der Waals surface area contributed by atoms with Crippen molar-refractivity contribution in [3.63, 3.8) is 0 Å². The maximum absolute atomic E-state index is 12.3. The Labute approximate surface area is 212 Å². The third kappa shape index (κ3) is 6.86. The minimum Gasteiger partial charge on any atom is -0.494 e. The fourth-order valence-electron chi connectivity index (χ4n) is 4.10. The standard InChI is InChI=1S/C29H32ClN3O2/c1-2-22-11-17-25(18-12-22)35-21-6-5-20-33-27-9-4-3-8-26(27)32-28(33)10-7-19-31-29(34)23-13-15-24(30)16-14-23/h3-4,8-9,11-18H,2,5-7,10,19-21H2,1H3,(H,31,34). The van der Waals surface area contributed by atoms with Crippen LogP contribution in [-0.2, 0) is 19.4 Å². The van der Waals surface area contributed by atoms with Crippen LogP contribution in [0.2, 0.25) is 5.02 Å². The molecule has 0 saturated heterocycles. The number of amides is 1. The number of aromatic nitrogens is 2. The van der Waals surface area contributed by atoms with Crippen LogP contribution in [0.1, 0.15) is 47.9 Å². The van der Waals surface area contributed by atoms with Crippen molar-refractivity contribution in [1.29, 1.82) is 0 Å². The summed E-state index contributed by atoms with van der Waals surface area (Å²) >= 11 is 5.90. The summed E-state index contributed by atoms with van der Waals surface area (Å²) in [6.45, 7) is 4.34. The first-order valence-electron chi connectivity index (χ1n) is 12.3. The van der Waals surface area contributed by atoms with Gasteiger partial charge in [0.25, 0.3) is 5.91 Å².